The van der Waals surface area contributed by atoms with Crippen molar-refractivity contribution in [1.29, 1.82) is 0 Å². The van der Waals surface area contributed by atoms with E-state index in [0.29, 0.717) is 25.9 Å². The number of ether oxygens (including phenoxy) is 1. The van der Waals surface area contributed by atoms with E-state index in [1.54, 1.807) is 0 Å². The molecule has 2 aliphatic heterocycles. The Bertz CT molecular complexity index is 570. The molecule has 2 aliphatic rings. The lowest BCUT2D eigenvalue weighted by Crippen LogP contribution is -2.53. The lowest BCUT2D eigenvalue weighted by molar-refractivity contribution is -0.0483. The minimum atomic E-state index is -0.714. The van der Waals surface area contributed by atoms with E-state index in [0.717, 1.165) is 24.0 Å². The number of aliphatic hydroxyl groups is 1. The second kappa shape index (κ2) is 6.36. The van der Waals surface area contributed by atoms with Gasteiger partial charge in [0.25, 0.3) is 0 Å². The van der Waals surface area contributed by atoms with Gasteiger partial charge in [-0.1, -0.05) is 35.9 Å². The average molecular weight is 315 g/mol. The average Bonchev–Trinajstić information content (AvgIpc) is 2.78. The van der Waals surface area contributed by atoms with Crippen LogP contribution in [0.5, 0.6) is 0 Å². The lowest BCUT2D eigenvalue weighted by Gasteiger charge is -2.43. The van der Waals surface area contributed by atoms with Crippen LogP contribution in [0.15, 0.2) is 42.5 Å². The zero-order valence-electron chi connectivity index (χ0n) is 13.7. The summed E-state index contributed by atoms with van der Waals surface area (Å²) in [6.45, 7) is 6.16. The minimum absolute atomic E-state index is 0.0846. The topological polar surface area (TPSA) is 49.8 Å². The Balaban J connectivity index is 1.61. The van der Waals surface area contributed by atoms with Gasteiger partial charge in [0.05, 0.1) is 5.60 Å². The number of hydrogen-bond acceptors (Lipinski definition) is 3. The number of rotatable bonds is 4. The van der Waals surface area contributed by atoms with Crippen LogP contribution in [0.4, 0.5) is 4.79 Å². The molecule has 0 aromatic heterocycles. The van der Waals surface area contributed by atoms with Crippen molar-refractivity contribution in [3.63, 3.8) is 0 Å². The van der Waals surface area contributed by atoms with Crippen LogP contribution in [0.3, 0.4) is 0 Å². The molecule has 1 N–H and O–H groups in total. The zero-order chi connectivity index (χ0) is 16.4. The van der Waals surface area contributed by atoms with E-state index in [9.17, 15) is 9.90 Å². The number of benzene rings is 1. The highest BCUT2D eigenvalue weighted by atomic mass is 16.6. The molecule has 4 nitrogen and oxygen atoms in total. The molecular formula is C19H25NO3. The zero-order valence-corrected chi connectivity index (χ0v) is 13.7. The van der Waals surface area contributed by atoms with Gasteiger partial charge in [0, 0.05) is 12.1 Å². The molecule has 124 valence electrons. The smallest absolute Gasteiger partial charge is 0.410 e. The van der Waals surface area contributed by atoms with Crippen LogP contribution < -0.4 is 0 Å². The molecule has 0 spiro atoms. The maximum absolute atomic E-state index is 12.5. The van der Waals surface area contributed by atoms with Crippen LogP contribution in [-0.4, -0.2) is 33.8 Å². The normalized spacial score (nSPS) is 29.4. The molecular weight excluding hydrogens is 290 g/mol. The SMILES string of the molecule is C=C(C)CC1(O)CC2CCC(C1)N2C(=O)OCc1ccccc1. The van der Waals surface area contributed by atoms with Crippen molar-refractivity contribution in [3.8, 4) is 0 Å². The Labute approximate surface area is 137 Å². The fourth-order valence-corrected chi connectivity index (χ4v) is 4.12. The molecule has 1 aromatic carbocycles. The van der Waals surface area contributed by atoms with Gasteiger partial charge < -0.3 is 14.7 Å². The third-order valence-electron chi connectivity index (χ3n) is 4.90. The molecule has 0 saturated carbocycles. The Hall–Kier alpha value is -1.81. The molecule has 2 bridgehead atoms. The molecule has 4 heteroatoms. The summed E-state index contributed by atoms with van der Waals surface area (Å²) >= 11 is 0. The van der Waals surface area contributed by atoms with Crippen LogP contribution in [-0.2, 0) is 11.3 Å². The molecule has 1 amide bonds. The van der Waals surface area contributed by atoms with Gasteiger partial charge in [-0.3, -0.25) is 0 Å². The van der Waals surface area contributed by atoms with Crippen molar-refractivity contribution in [1.82, 2.24) is 4.90 Å². The summed E-state index contributed by atoms with van der Waals surface area (Å²) in [5.74, 6) is 0. The predicted molar refractivity (Wildman–Crippen MR) is 88.9 cm³/mol. The van der Waals surface area contributed by atoms with Gasteiger partial charge in [-0.15, -0.1) is 6.58 Å². The molecule has 1 aromatic rings. The summed E-state index contributed by atoms with van der Waals surface area (Å²) in [7, 11) is 0. The van der Waals surface area contributed by atoms with Gasteiger partial charge in [-0.25, -0.2) is 4.79 Å². The third kappa shape index (κ3) is 3.58. The Kier molecular flexibility index (Phi) is 4.44. The van der Waals surface area contributed by atoms with Crippen LogP contribution in [0.2, 0.25) is 0 Å². The van der Waals surface area contributed by atoms with Crippen molar-refractivity contribution in [2.45, 2.75) is 63.3 Å². The van der Waals surface area contributed by atoms with E-state index in [1.807, 2.05) is 42.2 Å². The molecule has 0 radical (unpaired) electrons. The third-order valence-corrected chi connectivity index (χ3v) is 4.90. The van der Waals surface area contributed by atoms with Gasteiger partial charge in [0.1, 0.15) is 6.61 Å². The van der Waals surface area contributed by atoms with Gasteiger partial charge in [0.2, 0.25) is 0 Å². The van der Waals surface area contributed by atoms with Crippen LogP contribution in [0.25, 0.3) is 0 Å². The molecule has 2 saturated heterocycles. The van der Waals surface area contributed by atoms with Crippen molar-refractivity contribution in [3.05, 3.63) is 48.0 Å². The molecule has 0 aliphatic carbocycles. The number of hydrogen-bond donors (Lipinski definition) is 1. The van der Waals surface area contributed by atoms with E-state index in [4.69, 9.17) is 4.74 Å². The number of piperidine rings is 1. The molecule has 2 atom stereocenters. The van der Waals surface area contributed by atoms with E-state index in [2.05, 4.69) is 6.58 Å². The van der Waals surface area contributed by atoms with E-state index < -0.39 is 5.60 Å². The van der Waals surface area contributed by atoms with Crippen molar-refractivity contribution in [2.75, 3.05) is 0 Å². The first kappa shape index (κ1) is 16.1. The van der Waals surface area contributed by atoms with Crippen LogP contribution in [0.1, 0.15) is 44.6 Å². The molecule has 2 fully saturated rings. The Morgan fingerprint density at radius 2 is 1.91 bits per heavy atom. The van der Waals surface area contributed by atoms with E-state index in [-0.39, 0.29) is 18.2 Å². The number of nitrogens with zero attached hydrogens (tertiary/aromatic N) is 1. The molecule has 3 rings (SSSR count). The summed E-state index contributed by atoms with van der Waals surface area (Å²) in [6, 6.07) is 9.88. The van der Waals surface area contributed by atoms with Gasteiger partial charge in [-0.2, -0.15) is 0 Å². The first-order valence-electron chi connectivity index (χ1n) is 8.33. The highest BCUT2D eigenvalue weighted by Gasteiger charge is 2.49. The summed E-state index contributed by atoms with van der Waals surface area (Å²) in [6.07, 6.45) is 3.51. The van der Waals surface area contributed by atoms with Crippen molar-refractivity contribution in [2.24, 2.45) is 0 Å². The number of fused-ring (bicyclic) bond motifs is 2. The van der Waals surface area contributed by atoms with Gasteiger partial charge in [-0.05, 0) is 44.6 Å². The first-order chi connectivity index (χ1) is 11.0. The molecule has 2 heterocycles. The van der Waals surface area contributed by atoms with Crippen molar-refractivity contribution >= 4 is 6.09 Å². The first-order valence-corrected chi connectivity index (χ1v) is 8.33. The fourth-order valence-electron chi connectivity index (χ4n) is 4.12. The quantitative estimate of drug-likeness (QED) is 0.863. The summed E-state index contributed by atoms with van der Waals surface area (Å²) in [5.41, 5.74) is 1.27. The standard InChI is InChI=1S/C19H25NO3/c1-14(2)10-19(22)11-16-8-9-17(12-19)20(16)18(21)23-13-15-6-4-3-5-7-15/h3-7,16-17,22H,1,8-13H2,2H3. The summed E-state index contributed by atoms with van der Waals surface area (Å²) in [5, 5.41) is 10.8. The lowest BCUT2D eigenvalue weighted by atomic mass is 9.82. The molecule has 23 heavy (non-hydrogen) atoms. The van der Waals surface area contributed by atoms with E-state index >= 15 is 0 Å². The van der Waals surface area contributed by atoms with Crippen LogP contribution >= 0.6 is 0 Å². The Morgan fingerprint density at radius 1 is 1.30 bits per heavy atom. The highest BCUT2D eigenvalue weighted by molar-refractivity contribution is 5.69. The number of carbonyl (C=O) groups is 1. The maximum Gasteiger partial charge on any atom is 0.410 e. The van der Waals surface area contributed by atoms with Gasteiger partial charge in [0.15, 0.2) is 0 Å². The maximum atomic E-state index is 12.5. The Morgan fingerprint density at radius 3 is 2.48 bits per heavy atom. The van der Waals surface area contributed by atoms with Crippen LogP contribution in [0, 0.1) is 0 Å². The molecule has 2 unspecified atom stereocenters. The monoisotopic (exact) mass is 315 g/mol. The van der Waals surface area contributed by atoms with Gasteiger partial charge >= 0.3 is 6.09 Å². The summed E-state index contributed by atoms with van der Waals surface area (Å²) in [4.78, 5) is 14.3. The predicted octanol–water partition coefficient (Wildman–Crippen LogP) is 3.65. The highest BCUT2D eigenvalue weighted by Crippen LogP contribution is 2.43. The summed E-state index contributed by atoms with van der Waals surface area (Å²) < 4.78 is 5.49. The second-order valence-electron chi connectivity index (χ2n) is 7.10. The second-order valence-corrected chi connectivity index (χ2v) is 7.10. The number of carbonyl (C=O) groups excluding carboxylic acids is 1. The minimum Gasteiger partial charge on any atom is -0.445 e. The fraction of sp³-hybridized carbons (Fsp3) is 0.526. The van der Waals surface area contributed by atoms with Crippen molar-refractivity contribution < 1.29 is 14.6 Å². The number of amides is 1. The largest absolute Gasteiger partial charge is 0.445 e. The van der Waals surface area contributed by atoms with E-state index in [1.165, 1.54) is 0 Å².